The van der Waals surface area contributed by atoms with Crippen molar-refractivity contribution in [2.24, 2.45) is 0 Å². The first-order valence-corrected chi connectivity index (χ1v) is 5.04. The van der Waals surface area contributed by atoms with Crippen LogP contribution in [0.1, 0.15) is 20.8 Å². The van der Waals surface area contributed by atoms with Crippen LogP contribution in [0.2, 0.25) is 0 Å². The zero-order valence-corrected chi connectivity index (χ0v) is 9.93. The van der Waals surface area contributed by atoms with Crippen LogP contribution in [-0.2, 0) is 9.47 Å². The molecular formula is C13H20O2. The predicted molar refractivity (Wildman–Crippen MR) is 63.7 cm³/mol. The first-order chi connectivity index (χ1) is 7.16. The SMILES string of the molecule is C=C(C)COCC#CCOC/C(C)=C/C. The highest BCUT2D eigenvalue weighted by Crippen LogP contribution is 1.91. The first-order valence-electron chi connectivity index (χ1n) is 5.04. The lowest BCUT2D eigenvalue weighted by molar-refractivity contribution is 0.186. The van der Waals surface area contributed by atoms with Gasteiger partial charge in [-0.15, -0.1) is 0 Å². The lowest BCUT2D eigenvalue weighted by Crippen LogP contribution is -1.97. The third-order valence-corrected chi connectivity index (χ3v) is 1.64. The minimum absolute atomic E-state index is 0.443. The van der Waals surface area contributed by atoms with E-state index in [-0.39, 0.29) is 0 Å². The lowest BCUT2D eigenvalue weighted by Gasteiger charge is -1.98. The van der Waals surface area contributed by atoms with Crippen molar-refractivity contribution in [2.45, 2.75) is 20.8 Å². The van der Waals surface area contributed by atoms with Crippen molar-refractivity contribution in [3.8, 4) is 11.8 Å². The second kappa shape index (κ2) is 9.51. The first kappa shape index (κ1) is 14.0. The smallest absolute Gasteiger partial charge is 0.108 e. The highest BCUT2D eigenvalue weighted by Gasteiger charge is 1.86. The van der Waals surface area contributed by atoms with E-state index in [1.165, 1.54) is 5.57 Å². The Balaban J connectivity index is 3.35. The van der Waals surface area contributed by atoms with Crippen molar-refractivity contribution >= 4 is 0 Å². The average molecular weight is 208 g/mol. The molecule has 2 nitrogen and oxygen atoms in total. The van der Waals surface area contributed by atoms with Crippen LogP contribution < -0.4 is 0 Å². The van der Waals surface area contributed by atoms with E-state index in [0.717, 1.165) is 5.57 Å². The molecule has 2 heteroatoms. The molecule has 0 aromatic heterocycles. The van der Waals surface area contributed by atoms with Gasteiger partial charge in [0.25, 0.3) is 0 Å². The Kier molecular flexibility index (Phi) is 8.85. The molecule has 0 radical (unpaired) electrons. The summed E-state index contributed by atoms with van der Waals surface area (Å²) in [5.41, 5.74) is 2.23. The summed E-state index contributed by atoms with van der Waals surface area (Å²) in [5.74, 6) is 5.76. The molecule has 0 atom stereocenters. The topological polar surface area (TPSA) is 18.5 Å². The number of hydrogen-bond acceptors (Lipinski definition) is 2. The van der Waals surface area contributed by atoms with E-state index >= 15 is 0 Å². The Labute approximate surface area is 93.0 Å². The van der Waals surface area contributed by atoms with Gasteiger partial charge in [0.2, 0.25) is 0 Å². The van der Waals surface area contributed by atoms with Crippen LogP contribution in [-0.4, -0.2) is 26.4 Å². The van der Waals surface area contributed by atoms with Gasteiger partial charge in [-0.05, 0) is 20.8 Å². The van der Waals surface area contributed by atoms with Gasteiger partial charge in [-0.1, -0.05) is 35.6 Å². The average Bonchev–Trinajstić information content (AvgIpc) is 2.21. The maximum absolute atomic E-state index is 5.30. The number of allylic oxidation sites excluding steroid dienone is 1. The number of ether oxygens (including phenoxy) is 2. The zero-order valence-electron chi connectivity index (χ0n) is 9.93. The summed E-state index contributed by atoms with van der Waals surface area (Å²) in [6, 6.07) is 0. The van der Waals surface area contributed by atoms with Crippen molar-refractivity contribution in [3.05, 3.63) is 23.8 Å². The molecule has 0 aliphatic heterocycles. The fourth-order valence-electron chi connectivity index (χ4n) is 0.725. The Morgan fingerprint density at radius 3 is 2.13 bits per heavy atom. The molecule has 0 fully saturated rings. The molecule has 0 saturated heterocycles. The maximum Gasteiger partial charge on any atom is 0.108 e. The van der Waals surface area contributed by atoms with Crippen LogP contribution in [0.4, 0.5) is 0 Å². The Hall–Kier alpha value is -1.04. The minimum Gasteiger partial charge on any atom is -0.364 e. The van der Waals surface area contributed by atoms with Gasteiger partial charge in [-0.3, -0.25) is 0 Å². The van der Waals surface area contributed by atoms with Crippen LogP contribution in [0.15, 0.2) is 23.8 Å². The van der Waals surface area contributed by atoms with Gasteiger partial charge in [0.05, 0.1) is 13.2 Å². The zero-order chi connectivity index (χ0) is 11.5. The van der Waals surface area contributed by atoms with Crippen molar-refractivity contribution in [1.29, 1.82) is 0 Å². The lowest BCUT2D eigenvalue weighted by atomic mass is 10.3. The molecule has 0 aromatic carbocycles. The molecule has 0 rings (SSSR count). The van der Waals surface area contributed by atoms with E-state index in [4.69, 9.17) is 9.47 Å². The summed E-state index contributed by atoms with van der Waals surface area (Å²) < 4.78 is 10.5. The fraction of sp³-hybridized carbons (Fsp3) is 0.538. The molecule has 0 aromatic rings. The van der Waals surface area contributed by atoms with Crippen LogP contribution in [0.25, 0.3) is 0 Å². The van der Waals surface area contributed by atoms with Crippen LogP contribution in [0.3, 0.4) is 0 Å². The molecule has 0 saturated carbocycles. The third kappa shape index (κ3) is 10.9. The van der Waals surface area contributed by atoms with Crippen molar-refractivity contribution < 1.29 is 9.47 Å². The summed E-state index contributed by atoms with van der Waals surface area (Å²) in [7, 11) is 0. The van der Waals surface area contributed by atoms with Gasteiger partial charge >= 0.3 is 0 Å². The quantitative estimate of drug-likeness (QED) is 0.379. The Morgan fingerprint density at radius 1 is 1.13 bits per heavy atom. The number of rotatable bonds is 6. The van der Waals surface area contributed by atoms with E-state index in [1.807, 2.05) is 26.8 Å². The van der Waals surface area contributed by atoms with Gasteiger partial charge in [0.15, 0.2) is 0 Å². The Bertz CT molecular complexity index is 266. The molecule has 84 valence electrons. The molecule has 0 amide bonds. The summed E-state index contributed by atoms with van der Waals surface area (Å²) in [6.07, 6.45) is 2.03. The van der Waals surface area contributed by atoms with E-state index in [1.54, 1.807) is 0 Å². The third-order valence-electron chi connectivity index (χ3n) is 1.64. The fourth-order valence-corrected chi connectivity index (χ4v) is 0.725. The van der Waals surface area contributed by atoms with Crippen LogP contribution >= 0.6 is 0 Å². The molecule has 0 aliphatic carbocycles. The summed E-state index contributed by atoms with van der Waals surface area (Å²) >= 11 is 0. The van der Waals surface area contributed by atoms with Gasteiger partial charge < -0.3 is 9.47 Å². The molecule has 15 heavy (non-hydrogen) atoms. The molecule has 0 heterocycles. The van der Waals surface area contributed by atoms with Gasteiger partial charge in [-0.2, -0.15) is 0 Å². The van der Waals surface area contributed by atoms with Crippen molar-refractivity contribution in [3.63, 3.8) is 0 Å². The highest BCUT2D eigenvalue weighted by molar-refractivity contribution is 5.01. The minimum atomic E-state index is 0.443. The second-order valence-corrected chi connectivity index (χ2v) is 3.43. The van der Waals surface area contributed by atoms with E-state index in [0.29, 0.717) is 26.4 Å². The number of hydrogen-bond donors (Lipinski definition) is 0. The van der Waals surface area contributed by atoms with Crippen molar-refractivity contribution in [2.75, 3.05) is 26.4 Å². The molecule has 0 bridgehead atoms. The molecular weight excluding hydrogens is 188 g/mol. The predicted octanol–water partition coefficient (Wildman–Crippen LogP) is 2.57. The molecule has 0 spiro atoms. The Morgan fingerprint density at radius 2 is 1.67 bits per heavy atom. The van der Waals surface area contributed by atoms with Gasteiger partial charge in [-0.25, -0.2) is 0 Å². The van der Waals surface area contributed by atoms with Gasteiger partial charge in [0, 0.05) is 0 Å². The van der Waals surface area contributed by atoms with Crippen LogP contribution in [0.5, 0.6) is 0 Å². The van der Waals surface area contributed by atoms with Crippen molar-refractivity contribution in [1.82, 2.24) is 0 Å². The van der Waals surface area contributed by atoms with E-state index < -0.39 is 0 Å². The second-order valence-electron chi connectivity index (χ2n) is 3.43. The normalized spacial score (nSPS) is 10.7. The largest absolute Gasteiger partial charge is 0.364 e. The summed E-state index contributed by atoms with van der Waals surface area (Å²) in [4.78, 5) is 0. The van der Waals surface area contributed by atoms with Crippen LogP contribution in [0, 0.1) is 11.8 Å². The summed E-state index contributed by atoms with van der Waals surface area (Å²) in [5, 5.41) is 0. The molecule has 0 aliphatic rings. The standard InChI is InChI=1S/C13H20O2/c1-5-13(4)11-15-9-7-6-8-14-10-12(2)3/h5H,2,8-11H2,1,3-4H3/b13-5+. The summed E-state index contributed by atoms with van der Waals surface area (Å²) in [6.45, 7) is 11.8. The van der Waals surface area contributed by atoms with E-state index in [2.05, 4.69) is 18.4 Å². The monoisotopic (exact) mass is 208 g/mol. The van der Waals surface area contributed by atoms with Gasteiger partial charge in [0.1, 0.15) is 13.2 Å². The van der Waals surface area contributed by atoms with E-state index in [9.17, 15) is 0 Å². The molecule has 0 unspecified atom stereocenters. The maximum atomic E-state index is 5.30. The molecule has 0 N–H and O–H groups in total. The highest BCUT2D eigenvalue weighted by atomic mass is 16.5.